The zero-order chi connectivity index (χ0) is 19.9. The average molecular weight is 380 g/mol. The van der Waals surface area contributed by atoms with Gasteiger partial charge in [0, 0.05) is 18.5 Å². The van der Waals surface area contributed by atoms with Crippen molar-refractivity contribution in [3.05, 3.63) is 65.9 Å². The fraction of sp³-hybridized carbons (Fsp3) is 0.273. The van der Waals surface area contributed by atoms with Gasteiger partial charge in [-0.2, -0.15) is 0 Å². The predicted molar refractivity (Wildman–Crippen MR) is 107 cm³/mol. The topological polar surface area (TPSA) is 73.6 Å². The van der Waals surface area contributed by atoms with E-state index in [0.29, 0.717) is 29.4 Å². The molecule has 0 aliphatic carbocycles. The zero-order valence-electron chi connectivity index (χ0n) is 16.3. The minimum Gasteiger partial charge on any atom is -0.497 e. The van der Waals surface area contributed by atoms with E-state index in [2.05, 4.69) is 29.5 Å². The van der Waals surface area contributed by atoms with Gasteiger partial charge in [0.15, 0.2) is 11.5 Å². The maximum Gasteiger partial charge on any atom is 0.273 e. The van der Waals surface area contributed by atoms with Crippen LogP contribution in [-0.2, 0) is 0 Å². The number of benzene rings is 2. The van der Waals surface area contributed by atoms with E-state index >= 15 is 0 Å². The second-order valence-electron chi connectivity index (χ2n) is 6.37. The maximum absolute atomic E-state index is 12.5. The molecule has 0 aliphatic heterocycles. The molecule has 1 amide bonds. The first kappa shape index (κ1) is 19.5. The van der Waals surface area contributed by atoms with Crippen LogP contribution in [0.3, 0.4) is 0 Å². The lowest BCUT2D eigenvalue weighted by molar-refractivity contribution is 0.0942. The number of carbonyl (C=O) groups excluding carboxylic acids is 1. The molecule has 0 radical (unpaired) electrons. The van der Waals surface area contributed by atoms with Gasteiger partial charge in [0.05, 0.1) is 19.8 Å². The highest BCUT2D eigenvalue weighted by Gasteiger charge is 2.18. The van der Waals surface area contributed by atoms with Crippen LogP contribution in [0.4, 0.5) is 0 Å². The van der Waals surface area contributed by atoms with Crippen molar-refractivity contribution >= 4 is 5.91 Å². The molecule has 6 heteroatoms. The van der Waals surface area contributed by atoms with Crippen LogP contribution in [0.1, 0.15) is 35.3 Å². The molecule has 6 nitrogen and oxygen atoms in total. The Labute approximate surface area is 164 Å². The van der Waals surface area contributed by atoms with Crippen LogP contribution in [0.5, 0.6) is 11.5 Å². The van der Waals surface area contributed by atoms with Gasteiger partial charge in [-0.1, -0.05) is 42.4 Å². The molecule has 3 rings (SSSR count). The Balaban J connectivity index is 1.72. The van der Waals surface area contributed by atoms with Gasteiger partial charge in [-0.15, -0.1) is 0 Å². The van der Waals surface area contributed by atoms with Crippen LogP contribution in [0.25, 0.3) is 11.3 Å². The third kappa shape index (κ3) is 4.34. The van der Waals surface area contributed by atoms with Gasteiger partial charge in [-0.25, -0.2) is 0 Å². The normalized spacial score (nSPS) is 11.7. The van der Waals surface area contributed by atoms with Gasteiger partial charge in [0.2, 0.25) is 0 Å². The summed E-state index contributed by atoms with van der Waals surface area (Å²) in [4.78, 5) is 12.5. The molecule has 0 fully saturated rings. The van der Waals surface area contributed by atoms with Crippen LogP contribution < -0.4 is 14.8 Å². The SMILES string of the molecule is CCC(CNC(=O)c1cc(-c2cc(OC)ccc2OC)on1)c1ccccc1. The Morgan fingerprint density at radius 3 is 2.57 bits per heavy atom. The van der Waals surface area contributed by atoms with Crippen LogP contribution in [-0.4, -0.2) is 31.8 Å². The van der Waals surface area contributed by atoms with Crippen molar-refractivity contribution in [3.8, 4) is 22.8 Å². The quantitative estimate of drug-likeness (QED) is 0.631. The Hall–Kier alpha value is -3.28. The van der Waals surface area contributed by atoms with Crippen molar-refractivity contribution in [3.63, 3.8) is 0 Å². The van der Waals surface area contributed by atoms with Crippen LogP contribution in [0.15, 0.2) is 59.1 Å². The Bertz CT molecular complexity index is 921. The highest BCUT2D eigenvalue weighted by atomic mass is 16.5. The molecule has 0 spiro atoms. The largest absolute Gasteiger partial charge is 0.497 e. The Morgan fingerprint density at radius 2 is 1.89 bits per heavy atom. The summed E-state index contributed by atoms with van der Waals surface area (Å²) in [5, 5.41) is 6.86. The standard InChI is InChI=1S/C22H24N2O4/c1-4-15(16-8-6-5-7-9-16)14-23-22(25)19-13-21(28-24-19)18-12-17(26-2)10-11-20(18)27-3/h5-13,15H,4,14H2,1-3H3,(H,23,25). The lowest BCUT2D eigenvalue weighted by Crippen LogP contribution is -2.28. The first-order valence-corrected chi connectivity index (χ1v) is 9.18. The molecular weight excluding hydrogens is 356 g/mol. The molecule has 1 aromatic heterocycles. The summed E-state index contributed by atoms with van der Waals surface area (Å²) < 4.78 is 16.0. The zero-order valence-corrected chi connectivity index (χ0v) is 16.3. The molecule has 146 valence electrons. The monoisotopic (exact) mass is 380 g/mol. The number of nitrogens with zero attached hydrogens (tertiary/aromatic N) is 1. The number of methoxy groups -OCH3 is 2. The van der Waals surface area contributed by atoms with E-state index in [0.717, 1.165) is 6.42 Å². The smallest absolute Gasteiger partial charge is 0.273 e. The van der Waals surface area contributed by atoms with Gasteiger partial charge < -0.3 is 19.3 Å². The number of hydrogen-bond acceptors (Lipinski definition) is 5. The third-order valence-corrected chi connectivity index (χ3v) is 4.69. The highest BCUT2D eigenvalue weighted by Crippen LogP contribution is 2.33. The van der Waals surface area contributed by atoms with Gasteiger partial charge >= 0.3 is 0 Å². The molecule has 0 saturated heterocycles. The number of amides is 1. The molecule has 1 heterocycles. The molecule has 1 atom stereocenters. The van der Waals surface area contributed by atoms with E-state index in [1.54, 1.807) is 38.5 Å². The van der Waals surface area contributed by atoms with E-state index < -0.39 is 0 Å². The molecule has 2 aromatic carbocycles. The van der Waals surface area contributed by atoms with Gasteiger partial charge in [-0.05, 0) is 30.2 Å². The van der Waals surface area contributed by atoms with Crippen LogP contribution in [0, 0.1) is 0 Å². The van der Waals surface area contributed by atoms with E-state index in [1.165, 1.54) is 5.56 Å². The number of carbonyl (C=O) groups is 1. The number of hydrogen-bond donors (Lipinski definition) is 1. The number of nitrogens with one attached hydrogen (secondary N) is 1. The molecule has 1 N–H and O–H groups in total. The van der Waals surface area contributed by atoms with E-state index in [4.69, 9.17) is 14.0 Å². The highest BCUT2D eigenvalue weighted by molar-refractivity contribution is 5.93. The fourth-order valence-corrected chi connectivity index (χ4v) is 3.05. The first-order valence-electron chi connectivity index (χ1n) is 9.18. The summed E-state index contributed by atoms with van der Waals surface area (Å²) >= 11 is 0. The van der Waals surface area contributed by atoms with E-state index in [-0.39, 0.29) is 17.5 Å². The second-order valence-corrected chi connectivity index (χ2v) is 6.37. The number of rotatable bonds is 8. The number of aromatic nitrogens is 1. The second kappa shape index (κ2) is 9.08. The molecule has 0 bridgehead atoms. The van der Waals surface area contributed by atoms with Crippen molar-refractivity contribution in [2.75, 3.05) is 20.8 Å². The lowest BCUT2D eigenvalue weighted by atomic mass is 9.96. The molecule has 28 heavy (non-hydrogen) atoms. The molecule has 3 aromatic rings. The van der Waals surface area contributed by atoms with Gasteiger partial charge in [0.1, 0.15) is 11.5 Å². The van der Waals surface area contributed by atoms with Gasteiger partial charge in [-0.3, -0.25) is 4.79 Å². The lowest BCUT2D eigenvalue weighted by Gasteiger charge is -2.15. The average Bonchev–Trinajstić information content (AvgIpc) is 3.24. The summed E-state index contributed by atoms with van der Waals surface area (Å²) in [7, 11) is 3.16. The molecule has 1 unspecified atom stereocenters. The first-order chi connectivity index (χ1) is 13.7. The molecule has 0 saturated carbocycles. The minimum absolute atomic E-state index is 0.225. The summed E-state index contributed by atoms with van der Waals surface area (Å²) in [5.41, 5.74) is 2.10. The Morgan fingerprint density at radius 1 is 1.11 bits per heavy atom. The van der Waals surface area contributed by atoms with Crippen molar-refractivity contribution in [2.45, 2.75) is 19.3 Å². The summed E-state index contributed by atoms with van der Waals surface area (Å²) in [6, 6.07) is 17.1. The van der Waals surface area contributed by atoms with E-state index in [9.17, 15) is 4.79 Å². The van der Waals surface area contributed by atoms with Gasteiger partial charge in [0.25, 0.3) is 5.91 Å². The summed E-state index contributed by atoms with van der Waals surface area (Å²) in [5.74, 6) is 1.68. The summed E-state index contributed by atoms with van der Waals surface area (Å²) in [6.45, 7) is 2.64. The van der Waals surface area contributed by atoms with Crippen molar-refractivity contribution < 1.29 is 18.8 Å². The molecule has 0 aliphatic rings. The van der Waals surface area contributed by atoms with E-state index in [1.807, 2.05) is 18.2 Å². The van der Waals surface area contributed by atoms with Crippen molar-refractivity contribution in [1.29, 1.82) is 0 Å². The maximum atomic E-state index is 12.5. The van der Waals surface area contributed by atoms with Crippen LogP contribution in [0.2, 0.25) is 0 Å². The third-order valence-electron chi connectivity index (χ3n) is 4.69. The summed E-state index contributed by atoms with van der Waals surface area (Å²) in [6.07, 6.45) is 0.926. The fourth-order valence-electron chi connectivity index (χ4n) is 3.05. The number of ether oxygens (including phenoxy) is 2. The van der Waals surface area contributed by atoms with Crippen molar-refractivity contribution in [1.82, 2.24) is 10.5 Å². The molecular formula is C22H24N2O4. The Kier molecular flexibility index (Phi) is 6.32. The predicted octanol–water partition coefficient (Wildman–Crippen LogP) is 4.28. The van der Waals surface area contributed by atoms with Crippen LogP contribution >= 0.6 is 0 Å². The van der Waals surface area contributed by atoms with Crippen molar-refractivity contribution in [2.24, 2.45) is 0 Å². The minimum atomic E-state index is -0.272.